The second-order valence-electron chi connectivity index (χ2n) is 8.77. The number of anilines is 1. The Morgan fingerprint density at radius 1 is 0.811 bits per heavy atom. The molecule has 6 heteroatoms. The zero-order valence-corrected chi connectivity index (χ0v) is 20.1. The Morgan fingerprint density at radius 2 is 1.51 bits per heavy atom. The topological polar surface area (TPSA) is 69.0 Å². The van der Waals surface area contributed by atoms with Crippen LogP contribution in [0.5, 0.6) is 11.5 Å². The minimum Gasteiger partial charge on any atom is -0.493 e. The van der Waals surface area contributed by atoms with E-state index in [1.54, 1.807) is 36.3 Å². The number of carbonyl (C=O) groups is 1. The summed E-state index contributed by atoms with van der Waals surface area (Å²) in [6.45, 7) is 0.382. The van der Waals surface area contributed by atoms with Gasteiger partial charge in [-0.05, 0) is 47.5 Å². The molecule has 6 rings (SSSR count). The van der Waals surface area contributed by atoms with Crippen molar-refractivity contribution in [2.45, 2.75) is 12.6 Å². The number of rotatable bonds is 6. The number of ether oxygens (including phenoxy) is 2. The van der Waals surface area contributed by atoms with Crippen molar-refractivity contribution in [3.63, 3.8) is 0 Å². The third-order valence-corrected chi connectivity index (χ3v) is 6.55. The summed E-state index contributed by atoms with van der Waals surface area (Å²) in [5.74, 6) is 0.766. The molecular formula is C31H23NO5. The van der Waals surface area contributed by atoms with E-state index in [4.69, 9.17) is 13.9 Å². The molecule has 0 bridgehead atoms. The van der Waals surface area contributed by atoms with Gasteiger partial charge >= 0.3 is 0 Å². The van der Waals surface area contributed by atoms with Crippen LogP contribution in [0.3, 0.4) is 0 Å². The van der Waals surface area contributed by atoms with E-state index in [1.807, 2.05) is 78.9 Å². The normalized spacial score (nSPS) is 14.6. The number of methoxy groups -OCH3 is 1. The van der Waals surface area contributed by atoms with Crippen LogP contribution in [-0.4, -0.2) is 13.0 Å². The van der Waals surface area contributed by atoms with E-state index in [9.17, 15) is 9.59 Å². The molecule has 1 atom stereocenters. The van der Waals surface area contributed by atoms with Crippen LogP contribution in [0.25, 0.3) is 11.0 Å². The van der Waals surface area contributed by atoms with E-state index in [2.05, 4.69) is 0 Å². The van der Waals surface area contributed by atoms with Crippen LogP contribution in [0.1, 0.15) is 33.3 Å². The first-order valence-corrected chi connectivity index (χ1v) is 11.9. The predicted molar refractivity (Wildman–Crippen MR) is 141 cm³/mol. The Hall–Kier alpha value is -4.84. The second kappa shape index (κ2) is 9.32. The molecule has 0 radical (unpaired) electrons. The number of benzene rings is 4. The van der Waals surface area contributed by atoms with E-state index in [0.29, 0.717) is 45.9 Å². The molecule has 0 fully saturated rings. The Kier molecular flexibility index (Phi) is 5.69. The molecule has 6 nitrogen and oxygen atoms in total. The van der Waals surface area contributed by atoms with Gasteiger partial charge in [-0.3, -0.25) is 14.5 Å². The van der Waals surface area contributed by atoms with Gasteiger partial charge in [0.1, 0.15) is 12.2 Å². The summed E-state index contributed by atoms with van der Waals surface area (Å²) in [6.07, 6.45) is 0. The predicted octanol–water partition coefficient (Wildman–Crippen LogP) is 6.13. The molecule has 0 saturated carbocycles. The summed E-state index contributed by atoms with van der Waals surface area (Å²) in [4.78, 5) is 29.0. The number of hydrogen-bond donors (Lipinski definition) is 0. The fourth-order valence-electron chi connectivity index (χ4n) is 4.80. The zero-order chi connectivity index (χ0) is 25.4. The molecule has 0 aliphatic carbocycles. The Morgan fingerprint density at radius 3 is 2.27 bits per heavy atom. The van der Waals surface area contributed by atoms with Crippen LogP contribution in [0.15, 0.2) is 112 Å². The fraction of sp³-hybridized carbons (Fsp3) is 0.0968. The Balaban J connectivity index is 1.48. The van der Waals surface area contributed by atoms with Gasteiger partial charge < -0.3 is 13.9 Å². The molecule has 37 heavy (non-hydrogen) atoms. The van der Waals surface area contributed by atoms with E-state index in [1.165, 1.54) is 0 Å². The lowest BCUT2D eigenvalue weighted by molar-refractivity contribution is 0.0971. The maximum absolute atomic E-state index is 13.7. The quantitative estimate of drug-likeness (QED) is 0.287. The second-order valence-corrected chi connectivity index (χ2v) is 8.77. The van der Waals surface area contributed by atoms with Crippen molar-refractivity contribution in [3.8, 4) is 11.5 Å². The van der Waals surface area contributed by atoms with Crippen molar-refractivity contribution in [1.29, 1.82) is 0 Å². The van der Waals surface area contributed by atoms with Crippen LogP contribution >= 0.6 is 0 Å². The van der Waals surface area contributed by atoms with Gasteiger partial charge in [-0.15, -0.1) is 0 Å². The molecule has 0 saturated heterocycles. The van der Waals surface area contributed by atoms with E-state index < -0.39 is 6.04 Å². The standard InChI is InChI=1S/C31H23NO5/c1-35-26-18-21(16-17-25(26)36-19-20-10-4-2-5-11-20)28-27-29(33)23-14-8-9-15-24(23)37-30(27)31(34)32(28)22-12-6-3-7-13-22/h2-18,28H,19H2,1H3. The number of para-hydroxylation sites is 2. The first kappa shape index (κ1) is 22.6. The lowest BCUT2D eigenvalue weighted by Crippen LogP contribution is -2.29. The molecule has 1 aliphatic heterocycles. The summed E-state index contributed by atoms with van der Waals surface area (Å²) >= 11 is 0. The molecule has 4 aromatic carbocycles. The lowest BCUT2D eigenvalue weighted by Gasteiger charge is -2.26. The van der Waals surface area contributed by atoms with Crippen molar-refractivity contribution in [1.82, 2.24) is 0 Å². The van der Waals surface area contributed by atoms with Gasteiger partial charge in [-0.25, -0.2) is 0 Å². The third-order valence-electron chi connectivity index (χ3n) is 6.55. The summed E-state index contributed by atoms with van der Waals surface area (Å²) in [7, 11) is 1.57. The zero-order valence-electron chi connectivity index (χ0n) is 20.1. The highest BCUT2D eigenvalue weighted by atomic mass is 16.5. The van der Waals surface area contributed by atoms with Crippen molar-refractivity contribution >= 4 is 22.6 Å². The Bertz CT molecular complexity index is 1660. The number of amides is 1. The highest BCUT2D eigenvalue weighted by Gasteiger charge is 2.43. The third kappa shape index (κ3) is 3.93. The Labute approximate surface area is 213 Å². The van der Waals surface area contributed by atoms with Crippen LogP contribution in [0.2, 0.25) is 0 Å². The molecule has 1 amide bonds. The highest BCUT2D eigenvalue weighted by molar-refractivity contribution is 6.10. The van der Waals surface area contributed by atoms with Crippen LogP contribution < -0.4 is 19.8 Å². The van der Waals surface area contributed by atoms with Crippen LogP contribution in [0, 0.1) is 0 Å². The van der Waals surface area contributed by atoms with Gasteiger partial charge in [0.25, 0.3) is 5.91 Å². The van der Waals surface area contributed by atoms with Gasteiger partial charge in [0.2, 0.25) is 5.76 Å². The smallest absolute Gasteiger partial charge is 0.295 e. The number of hydrogen-bond acceptors (Lipinski definition) is 5. The first-order chi connectivity index (χ1) is 18.2. The molecule has 0 N–H and O–H groups in total. The fourth-order valence-corrected chi connectivity index (χ4v) is 4.80. The van der Waals surface area contributed by atoms with E-state index in [-0.39, 0.29) is 17.1 Å². The van der Waals surface area contributed by atoms with E-state index >= 15 is 0 Å². The minimum absolute atomic E-state index is 0.0564. The van der Waals surface area contributed by atoms with Crippen LogP contribution in [-0.2, 0) is 6.61 Å². The van der Waals surface area contributed by atoms with Crippen molar-refractivity contribution in [2.24, 2.45) is 0 Å². The van der Waals surface area contributed by atoms with Gasteiger partial charge in [-0.1, -0.05) is 66.7 Å². The molecule has 5 aromatic rings. The summed E-state index contributed by atoms with van der Waals surface area (Å²) in [5, 5.41) is 0.434. The van der Waals surface area contributed by atoms with Gasteiger partial charge in [-0.2, -0.15) is 0 Å². The average molecular weight is 490 g/mol. The summed E-state index contributed by atoms with van der Waals surface area (Å²) < 4.78 is 17.7. The maximum atomic E-state index is 13.7. The van der Waals surface area contributed by atoms with Crippen molar-refractivity contribution in [3.05, 3.63) is 136 Å². The SMILES string of the molecule is COc1cc(C2c3c(oc4ccccc4c3=O)C(=O)N2c2ccccc2)ccc1OCc1ccccc1. The number of nitrogens with zero attached hydrogens (tertiary/aromatic N) is 1. The summed E-state index contributed by atoms with van der Waals surface area (Å²) in [6, 6.07) is 30.9. The maximum Gasteiger partial charge on any atom is 0.295 e. The largest absolute Gasteiger partial charge is 0.493 e. The van der Waals surface area contributed by atoms with Crippen LogP contribution in [0.4, 0.5) is 5.69 Å². The molecule has 182 valence electrons. The lowest BCUT2D eigenvalue weighted by atomic mass is 9.97. The van der Waals surface area contributed by atoms with Gasteiger partial charge in [0.15, 0.2) is 16.9 Å². The molecule has 1 unspecified atom stereocenters. The molecule has 1 aromatic heterocycles. The molecule has 2 heterocycles. The van der Waals surface area contributed by atoms with Crippen molar-refractivity contribution < 1.29 is 18.7 Å². The summed E-state index contributed by atoms with van der Waals surface area (Å²) in [5.41, 5.74) is 2.88. The minimum atomic E-state index is -0.692. The van der Waals surface area contributed by atoms with E-state index in [0.717, 1.165) is 5.56 Å². The highest BCUT2D eigenvalue weighted by Crippen LogP contribution is 2.43. The van der Waals surface area contributed by atoms with Gasteiger partial charge in [0, 0.05) is 5.69 Å². The first-order valence-electron chi connectivity index (χ1n) is 11.9. The number of carbonyl (C=O) groups excluding carboxylic acids is 1. The number of fused-ring (bicyclic) bond motifs is 2. The molecular weight excluding hydrogens is 466 g/mol. The monoisotopic (exact) mass is 489 g/mol. The van der Waals surface area contributed by atoms with Gasteiger partial charge in [0.05, 0.1) is 24.1 Å². The van der Waals surface area contributed by atoms with Crippen molar-refractivity contribution in [2.75, 3.05) is 12.0 Å². The average Bonchev–Trinajstić information content (AvgIpc) is 3.25. The molecule has 1 aliphatic rings. The molecule has 0 spiro atoms.